The summed E-state index contributed by atoms with van der Waals surface area (Å²) in [5, 5.41) is 0. The number of anilines is 3. The molecule has 0 amide bonds. The van der Waals surface area contributed by atoms with Gasteiger partial charge in [-0.3, -0.25) is 4.72 Å². The van der Waals surface area contributed by atoms with Gasteiger partial charge in [0.1, 0.15) is 17.5 Å². The number of nitrogens with one attached hydrogen (secondary N) is 1. The van der Waals surface area contributed by atoms with Gasteiger partial charge in [-0.25, -0.2) is 32.2 Å². The quantitative estimate of drug-likeness (QED) is 0.661. The number of hydrogen-bond donors (Lipinski definition) is 1. The van der Waals surface area contributed by atoms with Crippen molar-refractivity contribution in [2.45, 2.75) is 4.90 Å². The van der Waals surface area contributed by atoms with E-state index < -0.39 is 26.6 Å². The Morgan fingerprint density at radius 3 is 2.07 bits per heavy atom. The molecule has 0 spiro atoms. The predicted octanol–water partition coefficient (Wildman–Crippen LogP) is 2.28. The van der Waals surface area contributed by atoms with Crippen LogP contribution >= 0.6 is 0 Å². The van der Waals surface area contributed by atoms with E-state index in [9.17, 15) is 17.2 Å². The number of aromatic nitrogens is 3. The minimum absolute atomic E-state index is 0.00789. The Hall–Kier alpha value is -3.34. The monoisotopic (exact) mass is 432 g/mol. The molecule has 0 aliphatic carbocycles. The first-order chi connectivity index (χ1) is 14.4. The van der Waals surface area contributed by atoms with Crippen LogP contribution in [0.15, 0.2) is 59.9 Å². The second-order valence-electron chi connectivity index (χ2n) is 6.59. The van der Waals surface area contributed by atoms with Gasteiger partial charge >= 0.3 is 0 Å². The Labute approximate surface area is 172 Å². The van der Waals surface area contributed by atoms with Gasteiger partial charge in [0, 0.05) is 32.4 Å². The zero-order chi connectivity index (χ0) is 21.1. The normalized spacial score (nSPS) is 14.6. The SMILES string of the molecule is O=S(=O)(Nc1cnc(N2CCN(c3ccccn3)CC2)nc1)c1c(F)cccc1F. The van der Waals surface area contributed by atoms with E-state index in [1.807, 2.05) is 23.1 Å². The molecule has 11 heteroatoms. The number of hydrogen-bond acceptors (Lipinski definition) is 7. The topological polar surface area (TPSA) is 91.3 Å². The molecule has 1 aromatic carbocycles. The summed E-state index contributed by atoms with van der Waals surface area (Å²) < 4.78 is 54.4. The summed E-state index contributed by atoms with van der Waals surface area (Å²) in [6.07, 6.45) is 4.28. The summed E-state index contributed by atoms with van der Waals surface area (Å²) in [5.41, 5.74) is 0.00789. The Kier molecular flexibility index (Phi) is 5.44. The lowest BCUT2D eigenvalue weighted by molar-refractivity contribution is 0.521. The van der Waals surface area contributed by atoms with Crippen molar-refractivity contribution in [3.63, 3.8) is 0 Å². The van der Waals surface area contributed by atoms with Gasteiger partial charge in [-0.1, -0.05) is 12.1 Å². The van der Waals surface area contributed by atoms with Gasteiger partial charge in [-0.2, -0.15) is 0 Å². The first kappa shape index (κ1) is 20.0. The highest BCUT2D eigenvalue weighted by atomic mass is 32.2. The molecule has 1 aliphatic rings. The van der Waals surface area contributed by atoms with Gasteiger partial charge in [0.25, 0.3) is 10.0 Å². The molecule has 3 heterocycles. The summed E-state index contributed by atoms with van der Waals surface area (Å²) in [5.74, 6) is -1.00. The molecule has 0 saturated carbocycles. The number of halogens is 2. The largest absolute Gasteiger partial charge is 0.353 e. The van der Waals surface area contributed by atoms with Crippen molar-refractivity contribution < 1.29 is 17.2 Å². The molecule has 0 unspecified atom stereocenters. The molecular weight excluding hydrogens is 414 g/mol. The second-order valence-corrected chi connectivity index (χ2v) is 8.21. The minimum Gasteiger partial charge on any atom is -0.353 e. The maximum Gasteiger partial charge on any atom is 0.267 e. The molecule has 4 rings (SSSR count). The average Bonchev–Trinajstić information content (AvgIpc) is 2.74. The van der Waals surface area contributed by atoms with Gasteiger partial charge < -0.3 is 9.80 Å². The van der Waals surface area contributed by atoms with Crippen LogP contribution in [0.3, 0.4) is 0 Å². The molecule has 1 saturated heterocycles. The van der Waals surface area contributed by atoms with Gasteiger partial charge in [0.15, 0.2) is 4.90 Å². The van der Waals surface area contributed by atoms with Gasteiger partial charge in [0.2, 0.25) is 5.95 Å². The first-order valence-corrected chi connectivity index (χ1v) is 10.6. The van der Waals surface area contributed by atoms with E-state index in [0.717, 1.165) is 37.1 Å². The number of piperazine rings is 1. The maximum atomic E-state index is 13.8. The molecule has 1 aliphatic heterocycles. The minimum atomic E-state index is -4.46. The van der Waals surface area contributed by atoms with E-state index in [0.29, 0.717) is 19.0 Å². The van der Waals surface area contributed by atoms with Gasteiger partial charge in [-0.05, 0) is 24.3 Å². The molecule has 156 valence electrons. The highest BCUT2D eigenvalue weighted by Gasteiger charge is 2.25. The van der Waals surface area contributed by atoms with Crippen LogP contribution in [-0.2, 0) is 10.0 Å². The second kappa shape index (κ2) is 8.19. The van der Waals surface area contributed by atoms with Gasteiger partial charge in [-0.15, -0.1) is 0 Å². The van der Waals surface area contributed by atoms with Gasteiger partial charge in [0.05, 0.1) is 18.1 Å². The van der Waals surface area contributed by atoms with E-state index in [-0.39, 0.29) is 5.69 Å². The zero-order valence-corrected chi connectivity index (χ0v) is 16.6. The summed E-state index contributed by atoms with van der Waals surface area (Å²) >= 11 is 0. The Bertz CT molecular complexity index is 1100. The Balaban J connectivity index is 1.42. The van der Waals surface area contributed by atoms with Crippen LogP contribution < -0.4 is 14.5 Å². The fourth-order valence-electron chi connectivity index (χ4n) is 3.16. The summed E-state index contributed by atoms with van der Waals surface area (Å²) in [7, 11) is -4.46. The molecule has 1 N–H and O–H groups in total. The summed E-state index contributed by atoms with van der Waals surface area (Å²) in [4.78, 5) is 15.8. The van der Waals surface area contributed by atoms with E-state index in [1.165, 1.54) is 12.4 Å². The number of pyridine rings is 1. The fourth-order valence-corrected chi connectivity index (χ4v) is 4.33. The molecule has 0 atom stereocenters. The lowest BCUT2D eigenvalue weighted by atomic mass is 10.3. The number of nitrogens with zero attached hydrogens (tertiary/aromatic N) is 5. The van der Waals surface area contributed by atoms with E-state index >= 15 is 0 Å². The van der Waals surface area contributed by atoms with Crippen molar-refractivity contribution in [1.29, 1.82) is 0 Å². The van der Waals surface area contributed by atoms with Crippen molar-refractivity contribution >= 4 is 27.5 Å². The fraction of sp³-hybridized carbons (Fsp3) is 0.211. The standard InChI is InChI=1S/C19H18F2N6O2S/c20-15-4-3-5-16(21)18(15)30(28,29)25-14-12-23-19(24-13-14)27-10-8-26(9-11-27)17-6-1-2-7-22-17/h1-7,12-13,25H,8-11H2. The number of rotatable bonds is 5. The lowest BCUT2D eigenvalue weighted by Gasteiger charge is -2.35. The van der Waals surface area contributed by atoms with Crippen LogP contribution in [0.4, 0.5) is 26.2 Å². The van der Waals surface area contributed by atoms with Crippen LogP contribution in [-0.4, -0.2) is 49.5 Å². The van der Waals surface area contributed by atoms with Crippen LogP contribution in [0.25, 0.3) is 0 Å². The molecule has 1 fully saturated rings. The van der Waals surface area contributed by atoms with Crippen molar-refractivity contribution in [2.24, 2.45) is 0 Å². The summed E-state index contributed by atoms with van der Waals surface area (Å²) in [6, 6.07) is 8.60. The van der Waals surface area contributed by atoms with Crippen molar-refractivity contribution in [1.82, 2.24) is 15.0 Å². The van der Waals surface area contributed by atoms with Crippen LogP contribution in [0.2, 0.25) is 0 Å². The Morgan fingerprint density at radius 1 is 0.833 bits per heavy atom. The molecule has 2 aromatic heterocycles. The predicted molar refractivity (Wildman–Crippen MR) is 108 cm³/mol. The highest BCUT2D eigenvalue weighted by molar-refractivity contribution is 7.92. The van der Waals surface area contributed by atoms with Crippen LogP contribution in [0.1, 0.15) is 0 Å². The highest BCUT2D eigenvalue weighted by Crippen LogP contribution is 2.22. The van der Waals surface area contributed by atoms with Crippen molar-refractivity contribution in [3.8, 4) is 0 Å². The molecular formula is C19H18F2N6O2S. The molecule has 3 aromatic rings. The van der Waals surface area contributed by atoms with E-state index in [1.54, 1.807) is 6.20 Å². The number of benzene rings is 1. The lowest BCUT2D eigenvalue weighted by Crippen LogP contribution is -2.47. The molecule has 8 nitrogen and oxygen atoms in total. The van der Waals surface area contributed by atoms with Crippen LogP contribution in [0.5, 0.6) is 0 Å². The smallest absolute Gasteiger partial charge is 0.267 e. The average molecular weight is 432 g/mol. The van der Waals surface area contributed by atoms with Crippen molar-refractivity contribution in [3.05, 3.63) is 66.6 Å². The number of sulfonamides is 1. The maximum absolute atomic E-state index is 13.8. The first-order valence-electron chi connectivity index (χ1n) is 9.14. The molecule has 0 bridgehead atoms. The third kappa shape index (κ3) is 4.15. The molecule has 30 heavy (non-hydrogen) atoms. The van der Waals surface area contributed by atoms with Crippen LogP contribution in [0, 0.1) is 11.6 Å². The summed E-state index contributed by atoms with van der Waals surface area (Å²) in [6.45, 7) is 2.81. The molecule has 0 radical (unpaired) electrons. The zero-order valence-electron chi connectivity index (χ0n) is 15.7. The van der Waals surface area contributed by atoms with E-state index in [2.05, 4.69) is 24.6 Å². The van der Waals surface area contributed by atoms with Crippen molar-refractivity contribution in [2.75, 3.05) is 40.7 Å². The third-order valence-electron chi connectivity index (χ3n) is 4.61. The Morgan fingerprint density at radius 2 is 1.47 bits per heavy atom. The van der Waals surface area contributed by atoms with E-state index in [4.69, 9.17) is 0 Å². The third-order valence-corrected chi connectivity index (χ3v) is 6.05.